The number of rotatable bonds is 3. The number of halogens is 1. The third-order valence-corrected chi connectivity index (χ3v) is 4.30. The van der Waals surface area contributed by atoms with Crippen molar-refractivity contribution in [1.82, 2.24) is 5.32 Å². The van der Waals surface area contributed by atoms with E-state index in [1.807, 2.05) is 7.05 Å². The van der Waals surface area contributed by atoms with Crippen molar-refractivity contribution < 1.29 is 0 Å². The van der Waals surface area contributed by atoms with Crippen molar-refractivity contribution in [3.05, 3.63) is 34.3 Å². The van der Waals surface area contributed by atoms with Gasteiger partial charge in [0.25, 0.3) is 0 Å². The molecule has 2 heteroatoms. The predicted octanol–water partition coefficient (Wildman–Crippen LogP) is 3.54. The fraction of sp³-hybridized carbons (Fsp3) is 0.571. The Hall–Kier alpha value is -0.530. The van der Waals surface area contributed by atoms with Crippen LogP contribution >= 0.6 is 11.6 Å². The molecule has 16 heavy (non-hydrogen) atoms. The van der Waals surface area contributed by atoms with Crippen LogP contribution in [0.4, 0.5) is 0 Å². The van der Waals surface area contributed by atoms with Gasteiger partial charge in [0.2, 0.25) is 0 Å². The van der Waals surface area contributed by atoms with Crippen molar-refractivity contribution in [2.24, 2.45) is 5.92 Å². The molecule has 0 bridgehead atoms. The van der Waals surface area contributed by atoms with Crippen molar-refractivity contribution in [3.8, 4) is 0 Å². The first-order valence-corrected chi connectivity index (χ1v) is 6.61. The zero-order chi connectivity index (χ0) is 11.1. The van der Waals surface area contributed by atoms with Gasteiger partial charge in [0.05, 0.1) is 0 Å². The van der Waals surface area contributed by atoms with Gasteiger partial charge < -0.3 is 5.32 Å². The van der Waals surface area contributed by atoms with E-state index in [1.54, 1.807) is 5.56 Å². The van der Waals surface area contributed by atoms with Gasteiger partial charge in [-0.2, -0.15) is 0 Å². The average Bonchev–Trinajstić information content (AvgIpc) is 3.04. The fourth-order valence-electron chi connectivity index (χ4n) is 3.18. The molecule has 0 aliphatic heterocycles. The van der Waals surface area contributed by atoms with Crippen LogP contribution in [0.15, 0.2) is 18.2 Å². The van der Waals surface area contributed by atoms with Crippen molar-refractivity contribution in [3.63, 3.8) is 0 Å². The van der Waals surface area contributed by atoms with E-state index in [1.165, 1.54) is 24.8 Å². The van der Waals surface area contributed by atoms with Gasteiger partial charge in [-0.05, 0) is 67.3 Å². The molecule has 0 amide bonds. The summed E-state index contributed by atoms with van der Waals surface area (Å²) in [5.74, 6) is 2.44. The summed E-state index contributed by atoms with van der Waals surface area (Å²) in [5, 5.41) is 4.19. The highest BCUT2D eigenvalue weighted by molar-refractivity contribution is 6.30. The van der Waals surface area contributed by atoms with Crippen LogP contribution in [-0.2, 0) is 0 Å². The summed E-state index contributed by atoms with van der Waals surface area (Å²) in [6.07, 6.45) is 4.18. The Labute approximate surface area is 102 Å². The maximum Gasteiger partial charge on any atom is 0.0409 e. The number of hydrogen-bond donors (Lipinski definition) is 1. The SMILES string of the molecule is CNCC1CC(C2CC2)c2ccc(Cl)cc21. The summed E-state index contributed by atoms with van der Waals surface area (Å²) in [4.78, 5) is 0. The maximum atomic E-state index is 6.11. The van der Waals surface area contributed by atoms with Crippen molar-refractivity contribution in [2.75, 3.05) is 13.6 Å². The zero-order valence-corrected chi connectivity index (χ0v) is 10.4. The van der Waals surface area contributed by atoms with Crippen molar-refractivity contribution >= 4 is 11.6 Å². The highest BCUT2D eigenvalue weighted by Gasteiger charge is 2.39. The van der Waals surface area contributed by atoms with Crippen LogP contribution in [-0.4, -0.2) is 13.6 Å². The first-order chi connectivity index (χ1) is 7.79. The molecule has 0 aromatic heterocycles. The number of likely N-dealkylation sites (N-methyl/N-ethyl adjacent to an activating group) is 1. The van der Waals surface area contributed by atoms with E-state index in [-0.39, 0.29) is 0 Å². The van der Waals surface area contributed by atoms with Crippen LogP contribution in [0.3, 0.4) is 0 Å². The Kier molecular flexibility index (Phi) is 2.68. The molecular formula is C14H18ClN. The quantitative estimate of drug-likeness (QED) is 0.845. The molecule has 0 heterocycles. The van der Waals surface area contributed by atoms with Gasteiger partial charge >= 0.3 is 0 Å². The molecule has 1 aromatic rings. The monoisotopic (exact) mass is 235 g/mol. The maximum absolute atomic E-state index is 6.11. The molecule has 1 fully saturated rings. The highest BCUT2D eigenvalue weighted by Crippen LogP contribution is 2.53. The molecule has 1 aromatic carbocycles. The van der Waals surface area contributed by atoms with Crippen LogP contribution in [0, 0.1) is 5.92 Å². The van der Waals surface area contributed by atoms with Crippen LogP contribution in [0.5, 0.6) is 0 Å². The second kappa shape index (κ2) is 4.05. The molecule has 3 rings (SSSR count). The summed E-state index contributed by atoms with van der Waals surface area (Å²) in [6.45, 7) is 1.08. The Bertz CT molecular complexity index is 398. The molecule has 2 unspecified atom stereocenters. The third-order valence-electron chi connectivity index (χ3n) is 4.07. The number of fused-ring (bicyclic) bond motifs is 1. The Morgan fingerprint density at radius 3 is 2.81 bits per heavy atom. The van der Waals surface area contributed by atoms with E-state index in [0.717, 1.165) is 23.4 Å². The van der Waals surface area contributed by atoms with Gasteiger partial charge in [-0.3, -0.25) is 0 Å². The number of benzene rings is 1. The van der Waals surface area contributed by atoms with Gasteiger partial charge in [-0.15, -0.1) is 0 Å². The largest absolute Gasteiger partial charge is 0.319 e. The van der Waals surface area contributed by atoms with E-state index < -0.39 is 0 Å². The van der Waals surface area contributed by atoms with Crippen molar-refractivity contribution in [1.29, 1.82) is 0 Å². The molecule has 2 atom stereocenters. The Morgan fingerprint density at radius 1 is 1.31 bits per heavy atom. The number of hydrogen-bond acceptors (Lipinski definition) is 1. The molecule has 1 N–H and O–H groups in total. The minimum atomic E-state index is 0.671. The standard InChI is InChI=1S/C14H18ClN/c1-16-8-10-6-13(9-2-3-9)12-5-4-11(15)7-14(10)12/h4-5,7,9-10,13,16H,2-3,6,8H2,1H3. The summed E-state index contributed by atoms with van der Waals surface area (Å²) in [5.41, 5.74) is 3.07. The van der Waals surface area contributed by atoms with E-state index in [9.17, 15) is 0 Å². The zero-order valence-electron chi connectivity index (χ0n) is 9.67. The second-order valence-corrected chi connectivity index (χ2v) is 5.64. The van der Waals surface area contributed by atoms with E-state index in [0.29, 0.717) is 5.92 Å². The Balaban J connectivity index is 1.95. The molecule has 0 radical (unpaired) electrons. The van der Waals surface area contributed by atoms with Gasteiger partial charge in [-0.25, -0.2) is 0 Å². The first kappa shape index (κ1) is 10.6. The van der Waals surface area contributed by atoms with E-state index in [4.69, 9.17) is 11.6 Å². The molecule has 0 saturated heterocycles. The molecule has 86 valence electrons. The van der Waals surface area contributed by atoms with Crippen LogP contribution in [0.25, 0.3) is 0 Å². The van der Waals surface area contributed by atoms with Crippen molar-refractivity contribution in [2.45, 2.75) is 31.1 Å². The fourth-order valence-corrected chi connectivity index (χ4v) is 3.36. The average molecular weight is 236 g/mol. The van der Waals surface area contributed by atoms with Gasteiger partial charge in [-0.1, -0.05) is 17.7 Å². The highest BCUT2D eigenvalue weighted by atomic mass is 35.5. The third kappa shape index (κ3) is 1.76. The van der Waals surface area contributed by atoms with E-state index >= 15 is 0 Å². The van der Waals surface area contributed by atoms with Crippen LogP contribution < -0.4 is 5.32 Å². The summed E-state index contributed by atoms with van der Waals surface area (Å²) >= 11 is 6.11. The van der Waals surface area contributed by atoms with Crippen LogP contribution in [0.1, 0.15) is 42.2 Å². The minimum Gasteiger partial charge on any atom is -0.319 e. The molecule has 2 aliphatic carbocycles. The van der Waals surface area contributed by atoms with Gasteiger partial charge in [0, 0.05) is 11.6 Å². The topological polar surface area (TPSA) is 12.0 Å². The van der Waals surface area contributed by atoms with Gasteiger partial charge in [0.1, 0.15) is 0 Å². The lowest BCUT2D eigenvalue weighted by atomic mass is 9.96. The molecule has 0 spiro atoms. The second-order valence-electron chi connectivity index (χ2n) is 5.21. The summed E-state index contributed by atoms with van der Waals surface area (Å²) in [7, 11) is 2.04. The number of nitrogens with one attached hydrogen (secondary N) is 1. The minimum absolute atomic E-state index is 0.671. The molecular weight excluding hydrogens is 218 g/mol. The summed E-state index contributed by atoms with van der Waals surface area (Å²) < 4.78 is 0. The predicted molar refractivity (Wildman–Crippen MR) is 68.2 cm³/mol. The van der Waals surface area contributed by atoms with Crippen LogP contribution in [0.2, 0.25) is 5.02 Å². The normalized spacial score (nSPS) is 28.1. The first-order valence-electron chi connectivity index (χ1n) is 6.23. The lowest BCUT2D eigenvalue weighted by Gasteiger charge is -2.10. The van der Waals surface area contributed by atoms with Gasteiger partial charge in [0.15, 0.2) is 0 Å². The molecule has 2 aliphatic rings. The lowest BCUT2D eigenvalue weighted by Crippen LogP contribution is -2.15. The Morgan fingerprint density at radius 2 is 2.12 bits per heavy atom. The smallest absolute Gasteiger partial charge is 0.0409 e. The lowest BCUT2D eigenvalue weighted by molar-refractivity contribution is 0.525. The molecule has 1 nitrogen and oxygen atoms in total. The summed E-state index contributed by atoms with van der Waals surface area (Å²) in [6, 6.07) is 6.50. The molecule has 1 saturated carbocycles. The van der Waals surface area contributed by atoms with E-state index in [2.05, 4.69) is 23.5 Å².